The van der Waals surface area contributed by atoms with E-state index in [1.165, 1.54) is 0 Å². The van der Waals surface area contributed by atoms with Crippen molar-refractivity contribution in [3.05, 3.63) is 23.8 Å². The number of thiazole rings is 1. The minimum atomic E-state index is 0.0545. The summed E-state index contributed by atoms with van der Waals surface area (Å²) in [5.74, 6) is 0.0545. The predicted octanol–water partition coefficient (Wildman–Crippen LogP) is 3.30. The lowest BCUT2D eigenvalue weighted by atomic mass is 10.2. The van der Waals surface area contributed by atoms with Crippen LogP contribution in [0.4, 0.5) is 5.13 Å². The van der Waals surface area contributed by atoms with Crippen molar-refractivity contribution in [2.45, 2.75) is 27.7 Å². The van der Waals surface area contributed by atoms with Crippen LogP contribution in [0.2, 0.25) is 0 Å². The zero-order valence-corrected chi connectivity index (χ0v) is 14.0. The third-order valence-corrected chi connectivity index (χ3v) is 4.80. The van der Waals surface area contributed by atoms with Crippen LogP contribution < -0.4 is 4.90 Å². The van der Waals surface area contributed by atoms with Gasteiger partial charge in [-0.3, -0.25) is 9.69 Å². The molecule has 4 nitrogen and oxygen atoms in total. The number of anilines is 1. The van der Waals surface area contributed by atoms with Crippen molar-refractivity contribution in [2.24, 2.45) is 0 Å². The van der Waals surface area contributed by atoms with Crippen LogP contribution in [0.25, 0.3) is 10.2 Å². The molecule has 0 atom stereocenters. The SMILES string of the molecule is CCN(CC)CCN(C(C)=O)c1nc2c(C)cccc2s1. The normalized spacial score (nSPS) is 11.3. The maximum absolute atomic E-state index is 12.0. The second-order valence-corrected chi connectivity index (χ2v) is 6.12. The fourth-order valence-electron chi connectivity index (χ4n) is 2.36. The highest BCUT2D eigenvalue weighted by molar-refractivity contribution is 7.22. The molecule has 1 amide bonds. The summed E-state index contributed by atoms with van der Waals surface area (Å²) >= 11 is 1.59. The summed E-state index contributed by atoms with van der Waals surface area (Å²) in [5, 5.41) is 0.805. The molecule has 5 heteroatoms. The van der Waals surface area contributed by atoms with Gasteiger partial charge in [0.15, 0.2) is 5.13 Å². The van der Waals surface area contributed by atoms with E-state index >= 15 is 0 Å². The van der Waals surface area contributed by atoms with Crippen LogP contribution in [0.5, 0.6) is 0 Å². The molecular formula is C16H23N3OS. The molecule has 0 bridgehead atoms. The number of para-hydroxylation sites is 1. The van der Waals surface area contributed by atoms with Crippen molar-refractivity contribution in [3.63, 3.8) is 0 Å². The number of likely N-dealkylation sites (N-methyl/N-ethyl adjacent to an activating group) is 1. The van der Waals surface area contributed by atoms with E-state index in [0.29, 0.717) is 6.54 Å². The van der Waals surface area contributed by atoms with Crippen LogP contribution in [0.15, 0.2) is 18.2 Å². The molecule has 1 aromatic heterocycles. The van der Waals surface area contributed by atoms with Gasteiger partial charge in [-0.1, -0.05) is 37.3 Å². The van der Waals surface area contributed by atoms with Crippen LogP contribution in [0.3, 0.4) is 0 Å². The van der Waals surface area contributed by atoms with E-state index in [0.717, 1.165) is 40.5 Å². The quantitative estimate of drug-likeness (QED) is 0.821. The Hall–Kier alpha value is -1.46. The van der Waals surface area contributed by atoms with Gasteiger partial charge < -0.3 is 4.90 Å². The van der Waals surface area contributed by atoms with Crippen molar-refractivity contribution in [1.29, 1.82) is 0 Å². The Labute approximate surface area is 130 Å². The first-order chi connectivity index (χ1) is 10.1. The number of benzene rings is 1. The summed E-state index contributed by atoms with van der Waals surface area (Å²) in [7, 11) is 0. The van der Waals surface area contributed by atoms with Gasteiger partial charge in [0.1, 0.15) is 0 Å². The molecule has 0 spiro atoms. The Morgan fingerprint density at radius 3 is 2.52 bits per heavy atom. The summed E-state index contributed by atoms with van der Waals surface area (Å²) in [6, 6.07) is 6.15. The molecule has 0 saturated carbocycles. The predicted molar refractivity (Wildman–Crippen MR) is 90.2 cm³/mol. The molecule has 2 rings (SSSR count). The number of amides is 1. The standard InChI is InChI=1S/C16H23N3OS/c1-5-18(6-2)10-11-19(13(4)20)16-17-15-12(3)8-7-9-14(15)21-16/h7-9H,5-6,10-11H2,1-4H3. The maximum Gasteiger partial charge on any atom is 0.225 e. The molecule has 0 saturated heterocycles. The van der Waals surface area contributed by atoms with E-state index in [1.807, 2.05) is 6.07 Å². The number of fused-ring (bicyclic) bond motifs is 1. The van der Waals surface area contributed by atoms with Gasteiger partial charge in [-0.15, -0.1) is 0 Å². The van der Waals surface area contributed by atoms with E-state index in [1.54, 1.807) is 23.2 Å². The number of carbonyl (C=O) groups excluding carboxylic acids is 1. The Morgan fingerprint density at radius 2 is 1.95 bits per heavy atom. The van der Waals surface area contributed by atoms with Gasteiger partial charge in [0, 0.05) is 20.0 Å². The zero-order valence-electron chi connectivity index (χ0n) is 13.2. The number of hydrogen-bond acceptors (Lipinski definition) is 4. The van der Waals surface area contributed by atoms with Crippen molar-refractivity contribution >= 4 is 32.6 Å². The summed E-state index contributed by atoms with van der Waals surface area (Å²) < 4.78 is 1.14. The largest absolute Gasteiger partial charge is 0.302 e. The van der Waals surface area contributed by atoms with E-state index in [-0.39, 0.29) is 5.91 Å². The van der Waals surface area contributed by atoms with Gasteiger partial charge in [-0.25, -0.2) is 4.98 Å². The number of aromatic nitrogens is 1. The lowest BCUT2D eigenvalue weighted by molar-refractivity contribution is -0.116. The highest BCUT2D eigenvalue weighted by Crippen LogP contribution is 2.30. The van der Waals surface area contributed by atoms with Gasteiger partial charge in [-0.2, -0.15) is 0 Å². The van der Waals surface area contributed by atoms with Crippen LogP contribution in [0, 0.1) is 6.92 Å². The molecule has 2 aromatic rings. The fourth-order valence-corrected chi connectivity index (χ4v) is 3.47. The minimum Gasteiger partial charge on any atom is -0.302 e. The number of rotatable bonds is 6. The number of carbonyl (C=O) groups is 1. The average molecular weight is 305 g/mol. The van der Waals surface area contributed by atoms with E-state index in [4.69, 9.17) is 0 Å². The van der Waals surface area contributed by atoms with Crippen molar-refractivity contribution in [1.82, 2.24) is 9.88 Å². The zero-order chi connectivity index (χ0) is 15.4. The number of nitrogens with zero attached hydrogens (tertiary/aromatic N) is 3. The molecule has 0 aliphatic rings. The smallest absolute Gasteiger partial charge is 0.225 e. The van der Waals surface area contributed by atoms with Gasteiger partial charge in [0.2, 0.25) is 5.91 Å². The number of aryl methyl sites for hydroxylation is 1. The Kier molecular flexibility index (Phi) is 5.31. The van der Waals surface area contributed by atoms with Crippen molar-refractivity contribution < 1.29 is 4.79 Å². The van der Waals surface area contributed by atoms with Crippen molar-refractivity contribution in [2.75, 3.05) is 31.1 Å². The molecule has 0 unspecified atom stereocenters. The summed E-state index contributed by atoms with van der Waals surface area (Å²) in [5.41, 5.74) is 2.16. The molecule has 21 heavy (non-hydrogen) atoms. The lowest BCUT2D eigenvalue weighted by Crippen LogP contribution is -2.37. The molecule has 1 aromatic carbocycles. The van der Waals surface area contributed by atoms with Crippen molar-refractivity contribution in [3.8, 4) is 0 Å². The molecule has 0 fully saturated rings. The Bertz CT molecular complexity index is 619. The lowest BCUT2D eigenvalue weighted by Gasteiger charge is -2.23. The Morgan fingerprint density at radius 1 is 1.24 bits per heavy atom. The van der Waals surface area contributed by atoms with Crippen LogP contribution in [-0.2, 0) is 4.79 Å². The Balaban J connectivity index is 2.24. The second kappa shape index (κ2) is 7.00. The van der Waals surface area contributed by atoms with E-state index < -0.39 is 0 Å². The van der Waals surface area contributed by atoms with E-state index in [9.17, 15) is 4.79 Å². The molecule has 1 heterocycles. The third kappa shape index (κ3) is 3.60. The average Bonchev–Trinajstić information content (AvgIpc) is 2.88. The second-order valence-electron chi connectivity index (χ2n) is 5.12. The number of hydrogen-bond donors (Lipinski definition) is 0. The van der Waals surface area contributed by atoms with Crippen LogP contribution in [-0.4, -0.2) is 42.0 Å². The highest BCUT2D eigenvalue weighted by atomic mass is 32.1. The molecule has 114 valence electrons. The molecule has 0 aliphatic heterocycles. The fraction of sp³-hybridized carbons (Fsp3) is 0.500. The topological polar surface area (TPSA) is 36.4 Å². The molecule has 0 N–H and O–H groups in total. The van der Waals surface area contributed by atoms with Crippen LogP contribution in [0.1, 0.15) is 26.3 Å². The first kappa shape index (κ1) is 15.9. The molecule has 0 radical (unpaired) electrons. The summed E-state index contributed by atoms with van der Waals surface area (Å²) in [6.45, 7) is 11.5. The van der Waals surface area contributed by atoms with Gasteiger partial charge in [-0.05, 0) is 31.6 Å². The van der Waals surface area contributed by atoms with Gasteiger partial charge in [0.25, 0.3) is 0 Å². The maximum atomic E-state index is 12.0. The first-order valence-electron chi connectivity index (χ1n) is 7.43. The monoisotopic (exact) mass is 305 g/mol. The van der Waals surface area contributed by atoms with Gasteiger partial charge in [0.05, 0.1) is 10.2 Å². The van der Waals surface area contributed by atoms with Gasteiger partial charge >= 0.3 is 0 Å². The van der Waals surface area contributed by atoms with Crippen LogP contribution >= 0.6 is 11.3 Å². The van der Waals surface area contributed by atoms with E-state index in [2.05, 4.69) is 42.8 Å². The molecular weight excluding hydrogens is 282 g/mol. The summed E-state index contributed by atoms with van der Waals surface area (Å²) in [4.78, 5) is 20.7. The first-order valence-corrected chi connectivity index (χ1v) is 8.25. The third-order valence-electron chi connectivity index (χ3n) is 3.75. The minimum absolute atomic E-state index is 0.0545. The summed E-state index contributed by atoms with van der Waals surface area (Å²) in [6.07, 6.45) is 0. The highest BCUT2D eigenvalue weighted by Gasteiger charge is 2.17. The molecule has 0 aliphatic carbocycles.